The molecule has 130 valence electrons. The molecule has 0 bridgehead atoms. The number of esters is 1. The van der Waals surface area contributed by atoms with Crippen molar-refractivity contribution in [3.05, 3.63) is 68.7 Å². The molecule has 0 saturated heterocycles. The Morgan fingerprint density at radius 2 is 2.19 bits per heavy atom. The first-order valence-electron chi connectivity index (χ1n) is 7.43. The van der Waals surface area contributed by atoms with E-state index in [9.17, 15) is 14.9 Å². The third kappa shape index (κ3) is 3.22. The fraction of sp³-hybridized carbons (Fsp3) is 0.0588. The predicted octanol–water partition coefficient (Wildman–Crippen LogP) is 4.88. The van der Waals surface area contributed by atoms with Gasteiger partial charge in [-0.25, -0.2) is 9.78 Å². The van der Waals surface area contributed by atoms with Crippen molar-refractivity contribution in [2.24, 2.45) is 0 Å². The molecule has 3 heterocycles. The van der Waals surface area contributed by atoms with E-state index in [1.807, 2.05) is 17.5 Å². The zero-order valence-electron chi connectivity index (χ0n) is 13.1. The lowest BCUT2D eigenvalue weighted by molar-refractivity contribution is -0.384. The summed E-state index contributed by atoms with van der Waals surface area (Å²) in [6.07, 6.45) is 1.45. The molecule has 0 radical (unpaired) electrons. The molecular weight excluding hydrogens is 376 g/mol. The van der Waals surface area contributed by atoms with Crippen LogP contribution in [-0.2, 0) is 11.3 Å². The predicted molar refractivity (Wildman–Crippen MR) is 97.4 cm³/mol. The van der Waals surface area contributed by atoms with Crippen molar-refractivity contribution in [2.45, 2.75) is 6.61 Å². The molecule has 0 saturated carbocycles. The molecule has 0 unspecified atom stereocenters. The smallest absolute Gasteiger partial charge is 0.348 e. The average molecular weight is 386 g/mol. The number of nitro benzene ring substituents is 1. The van der Waals surface area contributed by atoms with Gasteiger partial charge in [0.05, 0.1) is 9.80 Å². The maximum atomic E-state index is 12.2. The minimum atomic E-state index is -0.505. The van der Waals surface area contributed by atoms with E-state index in [0.29, 0.717) is 21.8 Å². The summed E-state index contributed by atoms with van der Waals surface area (Å²) in [7, 11) is 0. The number of thiophene rings is 2. The van der Waals surface area contributed by atoms with E-state index in [1.165, 1.54) is 41.1 Å². The number of hydrogen-bond acceptors (Lipinski definition) is 8. The number of carbonyl (C=O) groups excluding carboxylic acids is 1. The molecule has 0 aliphatic heterocycles. The van der Waals surface area contributed by atoms with Crippen molar-refractivity contribution in [3.63, 3.8) is 0 Å². The number of hydrogen-bond donors (Lipinski definition) is 0. The average Bonchev–Trinajstić information content (AvgIpc) is 3.38. The summed E-state index contributed by atoms with van der Waals surface area (Å²) in [6, 6.07) is 9.86. The van der Waals surface area contributed by atoms with Gasteiger partial charge in [0.25, 0.3) is 5.69 Å². The Labute approximate surface area is 154 Å². The Morgan fingerprint density at radius 1 is 1.31 bits per heavy atom. The highest BCUT2D eigenvalue weighted by Gasteiger charge is 2.16. The normalized spacial score (nSPS) is 10.9. The molecular formula is C17H10N2O5S2. The zero-order chi connectivity index (χ0) is 18.1. The Hall–Kier alpha value is -3.04. The molecule has 0 amide bonds. The van der Waals surface area contributed by atoms with Crippen molar-refractivity contribution < 1.29 is 18.9 Å². The Kier molecular flexibility index (Phi) is 4.23. The van der Waals surface area contributed by atoms with E-state index in [0.717, 1.165) is 9.58 Å². The molecule has 3 aromatic heterocycles. The number of carbonyl (C=O) groups is 1. The molecule has 7 nitrogen and oxygen atoms in total. The summed E-state index contributed by atoms with van der Waals surface area (Å²) in [5, 5.41) is 13.4. The van der Waals surface area contributed by atoms with Crippen LogP contribution in [-0.4, -0.2) is 15.9 Å². The Balaban J connectivity index is 1.46. The van der Waals surface area contributed by atoms with Gasteiger partial charge >= 0.3 is 5.97 Å². The first-order chi connectivity index (χ1) is 12.6. The third-order valence-electron chi connectivity index (χ3n) is 3.55. The summed E-state index contributed by atoms with van der Waals surface area (Å²) in [5.41, 5.74) is 0.498. The lowest BCUT2D eigenvalue weighted by atomic mass is 10.2. The number of rotatable bonds is 5. The van der Waals surface area contributed by atoms with Crippen LogP contribution in [0.5, 0.6) is 0 Å². The molecule has 0 atom stereocenters. The van der Waals surface area contributed by atoms with E-state index in [4.69, 9.17) is 9.15 Å². The molecule has 0 N–H and O–H groups in total. The quantitative estimate of drug-likeness (QED) is 0.275. The van der Waals surface area contributed by atoms with Gasteiger partial charge in [0.15, 0.2) is 0 Å². The summed E-state index contributed by atoms with van der Waals surface area (Å²) in [4.78, 5) is 28.2. The number of ether oxygens (including phenoxy) is 1. The molecule has 9 heteroatoms. The molecule has 1 aromatic carbocycles. The van der Waals surface area contributed by atoms with Gasteiger partial charge in [0, 0.05) is 22.2 Å². The van der Waals surface area contributed by atoms with Crippen molar-refractivity contribution in [2.75, 3.05) is 0 Å². The number of non-ortho nitro benzene ring substituents is 1. The minimum Gasteiger partial charge on any atom is -0.455 e. The van der Waals surface area contributed by atoms with Crippen LogP contribution in [0.15, 0.2) is 52.5 Å². The van der Waals surface area contributed by atoms with Crippen LogP contribution >= 0.6 is 22.7 Å². The highest BCUT2D eigenvalue weighted by molar-refractivity contribution is 7.20. The number of nitrogens with zero attached hydrogens (tertiary/aromatic N) is 2. The molecule has 4 aromatic rings. The van der Waals surface area contributed by atoms with E-state index in [1.54, 1.807) is 12.1 Å². The Bertz CT molecular complexity index is 1100. The van der Waals surface area contributed by atoms with E-state index in [-0.39, 0.29) is 12.3 Å². The van der Waals surface area contributed by atoms with E-state index in [2.05, 4.69) is 4.98 Å². The van der Waals surface area contributed by atoms with Crippen LogP contribution in [0.2, 0.25) is 0 Å². The van der Waals surface area contributed by atoms with Gasteiger partial charge in [-0.1, -0.05) is 6.07 Å². The van der Waals surface area contributed by atoms with Crippen molar-refractivity contribution in [1.29, 1.82) is 0 Å². The molecule has 0 spiro atoms. The van der Waals surface area contributed by atoms with Crippen molar-refractivity contribution in [1.82, 2.24) is 4.98 Å². The van der Waals surface area contributed by atoms with Crippen LogP contribution in [0.1, 0.15) is 15.4 Å². The van der Waals surface area contributed by atoms with Gasteiger partial charge in [-0.3, -0.25) is 10.1 Å². The van der Waals surface area contributed by atoms with Gasteiger partial charge in [-0.05, 0) is 23.6 Å². The maximum absolute atomic E-state index is 12.2. The van der Waals surface area contributed by atoms with Gasteiger partial charge in [-0.15, -0.1) is 22.7 Å². The molecule has 4 rings (SSSR count). The molecule has 0 aliphatic rings. The highest BCUT2D eigenvalue weighted by Crippen LogP contribution is 2.29. The minimum absolute atomic E-state index is 0.0118. The molecule has 0 aliphatic carbocycles. The summed E-state index contributed by atoms with van der Waals surface area (Å²) >= 11 is 2.73. The van der Waals surface area contributed by atoms with Crippen LogP contribution in [0, 0.1) is 10.1 Å². The van der Waals surface area contributed by atoms with Crippen LogP contribution in [0.4, 0.5) is 5.69 Å². The number of oxazole rings is 1. The number of benzene rings is 1. The summed E-state index contributed by atoms with van der Waals surface area (Å²) in [6.45, 7) is -0.0118. The fourth-order valence-electron chi connectivity index (χ4n) is 2.34. The van der Waals surface area contributed by atoms with Gasteiger partial charge < -0.3 is 9.15 Å². The molecule has 26 heavy (non-hydrogen) atoms. The molecule has 0 fully saturated rings. The Morgan fingerprint density at radius 3 is 2.96 bits per heavy atom. The summed E-state index contributed by atoms with van der Waals surface area (Å²) in [5.74, 6) is -0.0188. The number of nitro groups is 1. The highest BCUT2D eigenvalue weighted by atomic mass is 32.1. The van der Waals surface area contributed by atoms with Gasteiger partial charge in [0.1, 0.15) is 23.4 Å². The van der Waals surface area contributed by atoms with Gasteiger partial charge in [-0.2, -0.15) is 0 Å². The van der Waals surface area contributed by atoms with Crippen LogP contribution in [0.3, 0.4) is 0 Å². The first kappa shape index (κ1) is 16.4. The first-order valence-corrected chi connectivity index (χ1v) is 9.13. The van der Waals surface area contributed by atoms with Crippen LogP contribution in [0.25, 0.3) is 20.9 Å². The fourth-order valence-corrected chi connectivity index (χ4v) is 3.93. The SMILES string of the molecule is O=C(OCc1coc(-c2cccs2)n1)c1cc2cc([N+](=O)[O-])ccc2s1. The second kappa shape index (κ2) is 6.70. The van der Waals surface area contributed by atoms with E-state index >= 15 is 0 Å². The largest absolute Gasteiger partial charge is 0.455 e. The zero-order valence-corrected chi connectivity index (χ0v) is 14.7. The topological polar surface area (TPSA) is 95.5 Å². The second-order valence-electron chi connectivity index (χ2n) is 5.29. The van der Waals surface area contributed by atoms with Crippen LogP contribution < -0.4 is 0 Å². The lowest BCUT2D eigenvalue weighted by Crippen LogP contribution is -2.03. The standard InChI is InChI=1S/C17H10N2O5S2/c20-17(15-7-10-6-12(19(21)22)3-4-13(10)26-15)24-9-11-8-23-16(18-11)14-2-1-5-25-14/h1-8H,9H2. The van der Waals surface area contributed by atoms with Gasteiger partial charge in [0.2, 0.25) is 5.89 Å². The second-order valence-corrected chi connectivity index (χ2v) is 7.32. The maximum Gasteiger partial charge on any atom is 0.348 e. The third-order valence-corrected chi connectivity index (χ3v) is 5.50. The van der Waals surface area contributed by atoms with Crippen molar-refractivity contribution >= 4 is 44.4 Å². The number of aromatic nitrogens is 1. The number of fused-ring (bicyclic) bond motifs is 1. The van der Waals surface area contributed by atoms with Crippen molar-refractivity contribution in [3.8, 4) is 10.8 Å². The van der Waals surface area contributed by atoms with E-state index < -0.39 is 10.9 Å². The lowest BCUT2D eigenvalue weighted by Gasteiger charge is -1.99. The summed E-state index contributed by atoms with van der Waals surface area (Å²) < 4.78 is 11.4. The monoisotopic (exact) mass is 386 g/mol.